The molecule has 1 fully saturated rings. The fourth-order valence-corrected chi connectivity index (χ4v) is 1.92. The molecule has 0 aromatic carbocycles. The van der Waals surface area contributed by atoms with Crippen molar-refractivity contribution in [3.63, 3.8) is 0 Å². The van der Waals surface area contributed by atoms with Crippen molar-refractivity contribution >= 4 is 23.3 Å². The lowest BCUT2D eigenvalue weighted by Gasteiger charge is -2.14. The molecule has 0 spiro atoms. The van der Waals surface area contributed by atoms with Gasteiger partial charge in [-0.3, -0.25) is 9.69 Å². The summed E-state index contributed by atoms with van der Waals surface area (Å²) in [6.45, 7) is 2.30. The summed E-state index contributed by atoms with van der Waals surface area (Å²) in [5.74, 6) is 3.06. The van der Waals surface area contributed by atoms with Crippen LogP contribution in [0.5, 0.6) is 0 Å². The van der Waals surface area contributed by atoms with Gasteiger partial charge in [0.25, 0.3) is 0 Å². The van der Waals surface area contributed by atoms with Gasteiger partial charge in [0, 0.05) is 30.6 Å². The Labute approximate surface area is 98.6 Å². The summed E-state index contributed by atoms with van der Waals surface area (Å²) in [6, 6.07) is 1.72. The van der Waals surface area contributed by atoms with Crippen LogP contribution in [0, 0.1) is 25.2 Å². The van der Waals surface area contributed by atoms with Crippen molar-refractivity contribution < 1.29 is 4.79 Å². The molecule has 1 unspecified atom stereocenters. The van der Waals surface area contributed by atoms with Crippen molar-refractivity contribution in [1.82, 2.24) is 9.97 Å². The first-order valence-electron chi connectivity index (χ1n) is 4.88. The summed E-state index contributed by atoms with van der Waals surface area (Å²) < 4.78 is 0. The molecule has 1 aliphatic heterocycles. The molecule has 5 heteroatoms. The summed E-state index contributed by atoms with van der Waals surface area (Å²) in [4.78, 5) is 21.2. The molecular formula is C11H10ClN3O. The lowest BCUT2D eigenvalue weighted by atomic mass is 10.1. The highest BCUT2D eigenvalue weighted by molar-refractivity contribution is 6.28. The molecular weight excluding hydrogens is 226 g/mol. The Morgan fingerprint density at radius 2 is 2.38 bits per heavy atom. The average molecular weight is 236 g/mol. The van der Waals surface area contributed by atoms with Crippen LogP contribution in [-0.2, 0) is 4.79 Å². The fourth-order valence-electron chi connectivity index (χ4n) is 1.70. The Balaban J connectivity index is 2.32. The number of terminal acetylenes is 1. The molecule has 2 heterocycles. The molecule has 1 aromatic heterocycles. The first-order chi connectivity index (χ1) is 7.60. The normalized spacial score (nSPS) is 19.9. The lowest BCUT2D eigenvalue weighted by molar-refractivity contribution is -0.117. The van der Waals surface area contributed by atoms with Gasteiger partial charge in [0.15, 0.2) is 0 Å². The Morgan fingerprint density at radius 1 is 1.62 bits per heavy atom. The highest BCUT2D eigenvalue weighted by Crippen LogP contribution is 2.24. The van der Waals surface area contributed by atoms with Gasteiger partial charge in [0.1, 0.15) is 5.82 Å². The predicted molar refractivity (Wildman–Crippen MR) is 61.1 cm³/mol. The maximum Gasteiger partial charge on any atom is 0.229 e. The number of nitrogens with zero attached hydrogens (tertiary/aromatic N) is 3. The first-order valence-corrected chi connectivity index (χ1v) is 5.25. The number of carbonyl (C=O) groups is 1. The molecule has 1 saturated heterocycles. The lowest BCUT2D eigenvalue weighted by Crippen LogP contribution is -2.25. The Kier molecular flexibility index (Phi) is 2.80. The van der Waals surface area contributed by atoms with Crippen molar-refractivity contribution in [3.05, 3.63) is 17.0 Å². The summed E-state index contributed by atoms with van der Waals surface area (Å²) in [5.41, 5.74) is 0.729. The van der Waals surface area contributed by atoms with Gasteiger partial charge >= 0.3 is 0 Å². The molecule has 0 radical (unpaired) electrons. The molecule has 0 aliphatic carbocycles. The SMILES string of the molecule is C#CC1CC(=O)N(c2cc(C)nc(Cl)n2)C1. The third-order valence-corrected chi connectivity index (χ3v) is 2.62. The van der Waals surface area contributed by atoms with Gasteiger partial charge in [-0.05, 0) is 18.5 Å². The number of amides is 1. The molecule has 1 amide bonds. The summed E-state index contributed by atoms with van der Waals surface area (Å²) in [7, 11) is 0. The molecule has 4 nitrogen and oxygen atoms in total. The molecule has 2 rings (SSSR count). The number of rotatable bonds is 1. The highest BCUT2D eigenvalue weighted by Gasteiger charge is 2.30. The van der Waals surface area contributed by atoms with Crippen LogP contribution in [0.15, 0.2) is 6.07 Å². The van der Waals surface area contributed by atoms with E-state index in [2.05, 4.69) is 15.9 Å². The van der Waals surface area contributed by atoms with Crippen molar-refractivity contribution in [2.75, 3.05) is 11.4 Å². The maximum atomic E-state index is 11.7. The predicted octanol–water partition coefficient (Wildman–Crippen LogP) is 1.42. The van der Waals surface area contributed by atoms with Crippen LogP contribution in [0.4, 0.5) is 5.82 Å². The van der Waals surface area contributed by atoms with E-state index in [9.17, 15) is 4.79 Å². The topological polar surface area (TPSA) is 46.1 Å². The number of anilines is 1. The van der Waals surface area contributed by atoms with Gasteiger partial charge in [0.2, 0.25) is 11.2 Å². The summed E-state index contributed by atoms with van der Waals surface area (Å²) >= 11 is 5.75. The van der Waals surface area contributed by atoms with E-state index in [4.69, 9.17) is 18.0 Å². The second-order valence-corrected chi connectivity index (χ2v) is 4.05. The zero-order valence-corrected chi connectivity index (χ0v) is 9.53. The molecule has 0 saturated carbocycles. The highest BCUT2D eigenvalue weighted by atomic mass is 35.5. The number of aromatic nitrogens is 2. The van der Waals surface area contributed by atoms with Crippen molar-refractivity contribution in [3.8, 4) is 12.3 Å². The van der Waals surface area contributed by atoms with Gasteiger partial charge in [-0.1, -0.05) is 0 Å². The van der Waals surface area contributed by atoms with Gasteiger partial charge in [-0.2, -0.15) is 0 Å². The van der Waals surface area contributed by atoms with Gasteiger partial charge < -0.3 is 0 Å². The molecule has 1 atom stereocenters. The molecule has 16 heavy (non-hydrogen) atoms. The minimum Gasteiger partial charge on any atom is -0.295 e. The molecule has 0 bridgehead atoms. The first kappa shape index (κ1) is 10.9. The molecule has 1 aliphatic rings. The van der Waals surface area contributed by atoms with E-state index in [0.29, 0.717) is 18.8 Å². The van der Waals surface area contributed by atoms with E-state index in [-0.39, 0.29) is 17.1 Å². The Bertz CT molecular complexity index is 460. The van der Waals surface area contributed by atoms with Crippen molar-refractivity contribution in [2.24, 2.45) is 5.92 Å². The van der Waals surface area contributed by atoms with Crippen molar-refractivity contribution in [2.45, 2.75) is 13.3 Å². The smallest absolute Gasteiger partial charge is 0.229 e. The number of hydrogen-bond acceptors (Lipinski definition) is 3. The third-order valence-electron chi connectivity index (χ3n) is 2.45. The maximum absolute atomic E-state index is 11.7. The number of halogens is 1. The van der Waals surface area contributed by atoms with E-state index in [0.717, 1.165) is 5.69 Å². The number of hydrogen-bond donors (Lipinski definition) is 0. The van der Waals surface area contributed by atoms with Crippen molar-refractivity contribution in [1.29, 1.82) is 0 Å². The largest absolute Gasteiger partial charge is 0.295 e. The summed E-state index contributed by atoms with van der Waals surface area (Å²) in [6.07, 6.45) is 5.68. The van der Waals surface area contributed by atoms with Gasteiger partial charge in [-0.15, -0.1) is 12.3 Å². The number of aryl methyl sites for hydroxylation is 1. The van der Waals surface area contributed by atoms with E-state index < -0.39 is 0 Å². The number of carbonyl (C=O) groups excluding carboxylic acids is 1. The van der Waals surface area contributed by atoms with Crippen LogP contribution in [-0.4, -0.2) is 22.4 Å². The quantitative estimate of drug-likeness (QED) is 0.546. The van der Waals surface area contributed by atoms with E-state index >= 15 is 0 Å². The minimum atomic E-state index is -0.0402. The van der Waals surface area contributed by atoms with E-state index in [1.807, 2.05) is 0 Å². The molecule has 82 valence electrons. The molecule has 0 N–H and O–H groups in total. The Hall–Kier alpha value is -1.60. The Morgan fingerprint density at radius 3 is 2.94 bits per heavy atom. The third kappa shape index (κ3) is 2.00. The van der Waals surface area contributed by atoms with Crippen LogP contribution < -0.4 is 4.90 Å². The average Bonchev–Trinajstić information content (AvgIpc) is 2.58. The van der Waals surface area contributed by atoms with Gasteiger partial charge in [-0.25, -0.2) is 9.97 Å². The van der Waals surface area contributed by atoms with Crippen LogP contribution in [0.25, 0.3) is 0 Å². The standard InChI is InChI=1S/C11H10ClN3O/c1-3-8-5-10(16)15(6-8)9-4-7(2)13-11(12)14-9/h1,4,8H,5-6H2,2H3. The fraction of sp³-hybridized carbons (Fsp3) is 0.364. The second-order valence-electron chi connectivity index (χ2n) is 3.71. The summed E-state index contributed by atoms with van der Waals surface area (Å²) in [5, 5.41) is 0.145. The van der Waals surface area contributed by atoms with Crippen LogP contribution in [0.3, 0.4) is 0 Å². The van der Waals surface area contributed by atoms with E-state index in [1.165, 1.54) is 0 Å². The molecule has 1 aromatic rings. The minimum absolute atomic E-state index is 0.0166. The monoisotopic (exact) mass is 235 g/mol. The second kappa shape index (κ2) is 4.11. The van der Waals surface area contributed by atoms with E-state index in [1.54, 1.807) is 17.9 Å². The zero-order valence-electron chi connectivity index (χ0n) is 8.77. The van der Waals surface area contributed by atoms with Gasteiger partial charge in [0.05, 0.1) is 0 Å². The van der Waals surface area contributed by atoms with Crippen LogP contribution >= 0.6 is 11.6 Å². The van der Waals surface area contributed by atoms with Crippen LogP contribution in [0.2, 0.25) is 5.28 Å². The zero-order chi connectivity index (χ0) is 11.7. The van der Waals surface area contributed by atoms with Crippen LogP contribution in [0.1, 0.15) is 12.1 Å².